The average Bonchev–Trinajstić information content (AvgIpc) is 2.63. The van der Waals surface area contributed by atoms with Crippen LogP contribution < -0.4 is 0 Å². The lowest BCUT2D eigenvalue weighted by Crippen LogP contribution is -2.55. The Morgan fingerprint density at radius 1 is 1.25 bits per heavy atom. The number of carbonyl (C=O) groups excluding carboxylic acids is 1. The van der Waals surface area contributed by atoms with Gasteiger partial charge >= 0.3 is 5.97 Å². The molecule has 1 aliphatic carbocycles. The van der Waals surface area contributed by atoms with Crippen molar-refractivity contribution in [1.29, 1.82) is 0 Å². The van der Waals surface area contributed by atoms with Crippen LogP contribution in [0.25, 0.3) is 0 Å². The predicted octanol–water partition coefficient (Wildman–Crippen LogP) is 6.60. The van der Waals surface area contributed by atoms with Gasteiger partial charge < -0.3 is 10.0 Å². The van der Waals surface area contributed by atoms with Crippen LogP contribution in [0, 0.1) is 16.7 Å². The summed E-state index contributed by atoms with van der Waals surface area (Å²) in [7, 11) is 0. The molecule has 3 rings (SSSR count). The average molecular weight is 460 g/mol. The van der Waals surface area contributed by atoms with Crippen molar-refractivity contribution in [1.82, 2.24) is 4.90 Å². The van der Waals surface area contributed by atoms with Crippen molar-refractivity contribution in [2.24, 2.45) is 16.7 Å². The van der Waals surface area contributed by atoms with Crippen LogP contribution in [0.5, 0.6) is 0 Å². The van der Waals surface area contributed by atoms with Crippen molar-refractivity contribution in [3.05, 3.63) is 46.1 Å². The third-order valence-electron chi connectivity index (χ3n) is 7.45. The lowest BCUT2D eigenvalue weighted by atomic mass is 9.64. The second kappa shape index (κ2) is 8.52. The van der Waals surface area contributed by atoms with Crippen LogP contribution >= 0.6 is 11.6 Å². The lowest BCUT2D eigenvalue weighted by molar-refractivity contribution is -0.159. The van der Waals surface area contributed by atoms with Crippen molar-refractivity contribution < 1.29 is 14.7 Å². The zero-order chi connectivity index (χ0) is 24.1. The van der Waals surface area contributed by atoms with Gasteiger partial charge in [0.1, 0.15) is 0 Å². The molecule has 1 fully saturated rings. The van der Waals surface area contributed by atoms with Gasteiger partial charge in [0.15, 0.2) is 0 Å². The zero-order valence-electron chi connectivity index (χ0n) is 20.6. The second-order valence-corrected chi connectivity index (χ2v) is 12.3. The first-order valence-corrected chi connectivity index (χ1v) is 12.1. The molecule has 0 spiro atoms. The van der Waals surface area contributed by atoms with Crippen LogP contribution in [0.4, 0.5) is 0 Å². The Hall–Kier alpha value is -1.81. The molecule has 4 nitrogen and oxygen atoms in total. The molecule has 1 aromatic carbocycles. The number of carbonyl (C=O) groups is 2. The maximum atomic E-state index is 13.2. The number of aliphatic carboxylic acids is 1. The van der Waals surface area contributed by atoms with E-state index in [2.05, 4.69) is 53.7 Å². The van der Waals surface area contributed by atoms with Crippen LogP contribution in [-0.2, 0) is 21.4 Å². The molecule has 1 heterocycles. The van der Waals surface area contributed by atoms with E-state index in [-0.39, 0.29) is 23.3 Å². The number of rotatable bonds is 6. The van der Waals surface area contributed by atoms with Gasteiger partial charge in [-0.2, -0.15) is 0 Å². The summed E-state index contributed by atoms with van der Waals surface area (Å²) in [5.74, 6) is -0.472. The molecule has 2 aliphatic rings. The number of amides is 1. The van der Waals surface area contributed by atoms with Gasteiger partial charge in [0.25, 0.3) is 0 Å². The molecule has 1 aromatic rings. The summed E-state index contributed by atoms with van der Waals surface area (Å²) in [6.45, 7) is 14.9. The predicted molar refractivity (Wildman–Crippen MR) is 130 cm³/mol. The maximum Gasteiger partial charge on any atom is 0.309 e. The lowest BCUT2D eigenvalue weighted by Gasteiger charge is -2.50. The van der Waals surface area contributed by atoms with E-state index in [9.17, 15) is 14.7 Å². The van der Waals surface area contributed by atoms with Gasteiger partial charge in [-0.15, -0.1) is 0 Å². The van der Waals surface area contributed by atoms with Crippen molar-refractivity contribution >= 4 is 23.5 Å². The third kappa shape index (κ3) is 4.76. The van der Waals surface area contributed by atoms with Crippen molar-refractivity contribution in [2.75, 3.05) is 0 Å². The Bertz CT molecular complexity index is 937. The summed E-state index contributed by atoms with van der Waals surface area (Å²) in [5, 5.41) is 10.2. The highest BCUT2D eigenvalue weighted by atomic mass is 35.5. The fraction of sp³-hybridized carbons (Fsp3) is 0.630. The molecular weight excluding hydrogens is 422 g/mol. The second-order valence-electron chi connectivity index (χ2n) is 11.8. The summed E-state index contributed by atoms with van der Waals surface area (Å²) in [4.78, 5) is 26.5. The number of aryl methyl sites for hydroxylation is 1. The highest BCUT2D eigenvalue weighted by Crippen LogP contribution is 2.49. The van der Waals surface area contributed by atoms with E-state index in [0.717, 1.165) is 29.0 Å². The first-order chi connectivity index (χ1) is 14.7. The molecule has 32 heavy (non-hydrogen) atoms. The van der Waals surface area contributed by atoms with Crippen LogP contribution in [0.3, 0.4) is 0 Å². The van der Waals surface area contributed by atoms with Crippen LogP contribution in [0.15, 0.2) is 30.0 Å². The van der Waals surface area contributed by atoms with Crippen molar-refractivity contribution in [3.8, 4) is 0 Å². The van der Waals surface area contributed by atoms with E-state index in [1.165, 1.54) is 5.57 Å². The van der Waals surface area contributed by atoms with Gasteiger partial charge in [-0.25, -0.2) is 0 Å². The number of carboxylic acid groups (broad SMARTS) is 1. The molecule has 176 valence electrons. The third-order valence-corrected chi connectivity index (χ3v) is 7.80. The summed E-state index contributed by atoms with van der Waals surface area (Å²) < 4.78 is 0. The minimum absolute atomic E-state index is 0.0368. The number of allylic oxidation sites excluding steroid dienone is 1. The molecule has 1 atom stereocenters. The maximum absolute atomic E-state index is 13.2. The molecule has 1 N–H and O–H groups in total. The Balaban J connectivity index is 1.89. The quantitative estimate of drug-likeness (QED) is 0.521. The molecule has 1 saturated carbocycles. The topological polar surface area (TPSA) is 57.6 Å². The summed E-state index contributed by atoms with van der Waals surface area (Å²) >= 11 is 6.70. The number of carboxylic acids is 1. The van der Waals surface area contributed by atoms with Gasteiger partial charge in [0.2, 0.25) is 5.91 Å². The van der Waals surface area contributed by atoms with E-state index >= 15 is 0 Å². The van der Waals surface area contributed by atoms with Crippen LogP contribution in [0.1, 0.15) is 85.3 Å². The number of hydrogen-bond acceptors (Lipinski definition) is 2. The van der Waals surface area contributed by atoms with Crippen LogP contribution in [-0.4, -0.2) is 27.9 Å². The van der Waals surface area contributed by atoms with Gasteiger partial charge in [0, 0.05) is 29.1 Å². The monoisotopic (exact) mass is 459 g/mol. The summed E-state index contributed by atoms with van der Waals surface area (Å²) in [6.07, 6.45) is 5.37. The van der Waals surface area contributed by atoms with Gasteiger partial charge in [-0.3, -0.25) is 9.59 Å². The molecule has 0 bridgehead atoms. The van der Waals surface area contributed by atoms with E-state index in [4.69, 9.17) is 11.6 Å². The van der Waals surface area contributed by atoms with Crippen molar-refractivity contribution in [2.45, 2.75) is 92.0 Å². The zero-order valence-corrected chi connectivity index (χ0v) is 21.3. The minimum Gasteiger partial charge on any atom is -0.481 e. The Morgan fingerprint density at radius 2 is 1.88 bits per heavy atom. The number of halogens is 1. The molecule has 0 radical (unpaired) electrons. The standard InChI is InChI=1S/C27H38ClNO3/c1-17(2)21-16-29(20-13-26(6,14-20)24(31)32)23(30)15-27(21,7)19-9-8-18(22(28)12-19)10-11-25(3,4)5/h8-9,12,16-17,20H,10-11,13-15H2,1-7H3,(H,31,32)/t20?,26?,27-/m0/s1. The smallest absolute Gasteiger partial charge is 0.309 e. The molecule has 1 amide bonds. The van der Waals surface area contributed by atoms with Crippen molar-refractivity contribution in [3.63, 3.8) is 0 Å². The van der Waals surface area contributed by atoms with E-state index in [1.54, 1.807) is 11.8 Å². The molecule has 0 saturated heterocycles. The molecule has 5 heteroatoms. The van der Waals surface area contributed by atoms with Gasteiger partial charge in [0.05, 0.1) is 5.41 Å². The first-order valence-electron chi connectivity index (χ1n) is 11.7. The largest absolute Gasteiger partial charge is 0.481 e. The van der Waals surface area contributed by atoms with E-state index in [0.29, 0.717) is 19.3 Å². The number of benzene rings is 1. The number of nitrogens with zero attached hydrogens (tertiary/aromatic N) is 1. The molecule has 0 aromatic heterocycles. The normalized spacial score (nSPS) is 28.5. The van der Waals surface area contributed by atoms with E-state index < -0.39 is 16.8 Å². The number of hydrogen-bond donors (Lipinski definition) is 1. The minimum atomic E-state index is -0.780. The summed E-state index contributed by atoms with van der Waals surface area (Å²) in [5.41, 5.74) is 2.51. The molecular formula is C27H38ClNO3. The Labute approximate surface area is 198 Å². The highest BCUT2D eigenvalue weighted by Gasteiger charge is 2.51. The van der Waals surface area contributed by atoms with E-state index in [1.807, 2.05) is 12.3 Å². The first kappa shape index (κ1) is 24.8. The highest BCUT2D eigenvalue weighted by molar-refractivity contribution is 6.31. The van der Waals surface area contributed by atoms with Gasteiger partial charge in [-0.1, -0.05) is 65.3 Å². The fourth-order valence-electron chi connectivity index (χ4n) is 5.18. The SMILES string of the molecule is CC(C)C1=CN(C2CC(C)(C(=O)O)C2)C(=O)C[C@@]1(C)c1ccc(CCC(C)(C)C)c(Cl)c1. The van der Waals surface area contributed by atoms with Gasteiger partial charge in [-0.05, 0) is 66.7 Å². The Morgan fingerprint density at radius 3 is 2.38 bits per heavy atom. The fourth-order valence-corrected chi connectivity index (χ4v) is 5.45. The summed E-state index contributed by atoms with van der Waals surface area (Å²) in [6, 6.07) is 6.26. The van der Waals surface area contributed by atoms with Crippen LogP contribution in [0.2, 0.25) is 5.02 Å². The molecule has 0 unspecified atom stereocenters. The Kier molecular flexibility index (Phi) is 6.61. The molecule has 1 aliphatic heterocycles.